The zero-order valence-corrected chi connectivity index (χ0v) is 14.2. The second-order valence-corrected chi connectivity index (χ2v) is 7.53. The zero-order chi connectivity index (χ0) is 16.6. The van der Waals surface area contributed by atoms with E-state index in [1.807, 2.05) is 29.9 Å². The number of aryl methyl sites for hydroxylation is 1. The number of rotatable bonds is 1. The van der Waals surface area contributed by atoms with E-state index in [0.29, 0.717) is 18.6 Å². The quantitative estimate of drug-likeness (QED) is 0.757. The first-order chi connectivity index (χ1) is 11.5. The molecule has 0 radical (unpaired) electrons. The minimum absolute atomic E-state index is 0.167. The van der Waals surface area contributed by atoms with Gasteiger partial charge in [-0.2, -0.15) is 5.10 Å². The molecule has 1 aromatic carbocycles. The van der Waals surface area contributed by atoms with E-state index in [9.17, 15) is 4.79 Å². The Morgan fingerprint density at radius 1 is 1.21 bits per heavy atom. The molecule has 124 valence electrons. The molecule has 1 amide bonds. The van der Waals surface area contributed by atoms with E-state index < -0.39 is 0 Å². The first kappa shape index (κ1) is 14.2. The highest BCUT2D eigenvalue weighted by atomic mass is 16.2. The van der Waals surface area contributed by atoms with Gasteiger partial charge in [0.05, 0.1) is 23.3 Å². The van der Waals surface area contributed by atoms with Crippen LogP contribution in [0.15, 0.2) is 30.4 Å². The van der Waals surface area contributed by atoms with Crippen molar-refractivity contribution < 1.29 is 4.79 Å². The first-order valence-corrected chi connectivity index (χ1v) is 8.69. The van der Waals surface area contributed by atoms with Gasteiger partial charge in [0.2, 0.25) is 0 Å². The second-order valence-electron chi connectivity index (χ2n) is 7.53. The van der Waals surface area contributed by atoms with Gasteiger partial charge in [0.1, 0.15) is 0 Å². The Bertz CT molecular complexity index is 883. The Hall–Kier alpha value is -2.14. The normalized spacial score (nSPS) is 29.8. The number of fused-ring (bicyclic) bond motifs is 2. The maximum absolute atomic E-state index is 13.2. The fourth-order valence-electron chi connectivity index (χ4n) is 5.00. The number of carbonyl (C=O) groups excluding carboxylic acids is 1. The monoisotopic (exact) mass is 322 g/mol. The van der Waals surface area contributed by atoms with Crippen molar-refractivity contribution >= 4 is 16.8 Å². The Morgan fingerprint density at radius 2 is 2.04 bits per heavy atom. The van der Waals surface area contributed by atoms with Crippen LogP contribution in [-0.4, -0.2) is 50.7 Å². The van der Waals surface area contributed by atoms with Crippen molar-refractivity contribution in [1.82, 2.24) is 19.6 Å². The molecule has 3 aliphatic heterocycles. The molecule has 1 aromatic heterocycles. The Morgan fingerprint density at radius 3 is 2.83 bits per heavy atom. The molecule has 5 heteroatoms. The van der Waals surface area contributed by atoms with E-state index in [0.717, 1.165) is 41.4 Å². The molecule has 0 N–H and O–H groups in total. The van der Waals surface area contributed by atoms with Crippen LogP contribution in [0.5, 0.6) is 0 Å². The maximum Gasteiger partial charge on any atom is 0.255 e. The Labute approximate surface area is 141 Å². The molecule has 4 heterocycles. The summed E-state index contributed by atoms with van der Waals surface area (Å²) in [6.07, 6.45) is 3.11. The van der Waals surface area contributed by atoms with Gasteiger partial charge in [-0.05, 0) is 38.4 Å². The van der Waals surface area contributed by atoms with Crippen LogP contribution in [0.2, 0.25) is 0 Å². The summed E-state index contributed by atoms with van der Waals surface area (Å²) in [6, 6.07) is 7.18. The van der Waals surface area contributed by atoms with Gasteiger partial charge in [-0.25, -0.2) is 0 Å². The summed E-state index contributed by atoms with van der Waals surface area (Å²) in [5.41, 5.74) is 4.22. The van der Waals surface area contributed by atoms with Gasteiger partial charge in [-0.15, -0.1) is 0 Å². The molecule has 0 aliphatic carbocycles. The standard InChI is InChI=1S/C19H22N4O/c1-11-7-12-8-13(9-17(11)21(12)2)23-10-15-18-14(19(23)24)5-4-6-16(18)22(3)20-15/h4-6,12-13,17H,1,7-10H2,2-3H3. The number of piperidine rings is 1. The van der Waals surface area contributed by atoms with Crippen molar-refractivity contribution in [2.75, 3.05) is 7.05 Å². The van der Waals surface area contributed by atoms with Gasteiger partial charge < -0.3 is 4.90 Å². The highest BCUT2D eigenvalue weighted by molar-refractivity contribution is 6.09. The minimum atomic E-state index is 0.167. The molecule has 5 rings (SSSR count). The summed E-state index contributed by atoms with van der Waals surface area (Å²) in [4.78, 5) is 17.7. The van der Waals surface area contributed by atoms with Crippen molar-refractivity contribution in [1.29, 1.82) is 0 Å². The average molecular weight is 322 g/mol. The topological polar surface area (TPSA) is 41.4 Å². The third kappa shape index (κ3) is 1.73. The number of hydrogen-bond donors (Lipinski definition) is 0. The Balaban J connectivity index is 1.53. The molecule has 3 unspecified atom stereocenters. The summed E-state index contributed by atoms with van der Waals surface area (Å²) in [5.74, 6) is 0.167. The molecule has 3 aliphatic rings. The van der Waals surface area contributed by atoms with Crippen molar-refractivity contribution in [2.24, 2.45) is 7.05 Å². The molecule has 24 heavy (non-hydrogen) atoms. The summed E-state index contributed by atoms with van der Waals surface area (Å²) in [7, 11) is 4.15. The third-order valence-electron chi connectivity index (χ3n) is 6.28. The molecule has 2 saturated heterocycles. The predicted molar refractivity (Wildman–Crippen MR) is 92.7 cm³/mol. The SMILES string of the molecule is C=C1CC2CC(N3Cc4nn(C)c5cccc(c45)C3=O)CC1N2C. The summed E-state index contributed by atoms with van der Waals surface area (Å²) in [5, 5.41) is 5.72. The molecule has 2 fully saturated rings. The van der Waals surface area contributed by atoms with E-state index in [1.165, 1.54) is 5.57 Å². The van der Waals surface area contributed by atoms with Crippen molar-refractivity contribution in [2.45, 2.75) is 43.9 Å². The molecule has 5 nitrogen and oxygen atoms in total. The fraction of sp³-hybridized carbons (Fsp3) is 0.474. The van der Waals surface area contributed by atoms with Crippen molar-refractivity contribution in [3.63, 3.8) is 0 Å². The van der Waals surface area contributed by atoms with Gasteiger partial charge in [0.25, 0.3) is 5.91 Å². The zero-order valence-electron chi connectivity index (χ0n) is 14.2. The fourth-order valence-corrected chi connectivity index (χ4v) is 5.00. The van der Waals surface area contributed by atoms with Crippen molar-refractivity contribution in [3.8, 4) is 0 Å². The van der Waals surface area contributed by atoms with Crippen LogP contribution < -0.4 is 0 Å². The summed E-state index contributed by atoms with van der Waals surface area (Å²) in [6.45, 7) is 4.89. The molecular formula is C19H22N4O. The molecule has 0 spiro atoms. The van der Waals surface area contributed by atoms with Crippen LogP contribution in [0.25, 0.3) is 10.9 Å². The molecule has 0 saturated carbocycles. The van der Waals surface area contributed by atoms with Crippen LogP contribution in [0, 0.1) is 0 Å². The van der Waals surface area contributed by atoms with Gasteiger partial charge in [-0.3, -0.25) is 14.4 Å². The van der Waals surface area contributed by atoms with Gasteiger partial charge in [0, 0.05) is 30.6 Å². The molecule has 2 aromatic rings. The third-order valence-corrected chi connectivity index (χ3v) is 6.28. The lowest BCUT2D eigenvalue weighted by molar-refractivity contribution is 0.0462. The van der Waals surface area contributed by atoms with Gasteiger partial charge in [0.15, 0.2) is 0 Å². The Kier molecular flexibility index (Phi) is 2.78. The number of benzene rings is 1. The van der Waals surface area contributed by atoms with Crippen LogP contribution >= 0.6 is 0 Å². The number of nitrogens with zero attached hydrogens (tertiary/aromatic N) is 4. The minimum Gasteiger partial charge on any atom is -0.330 e. The van der Waals surface area contributed by atoms with E-state index in [2.05, 4.69) is 28.5 Å². The van der Waals surface area contributed by atoms with Crippen LogP contribution in [0.1, 0.15) is 35.3 Å². The second kappa shape index (κ2) is 4.70. The van der Waals surface area contributed by atoms with E-state index in [4.69, 9.17) is 0 Å². The number of hydrogen-bond acceptors (Lipinski definition) is 3. The molecular weight excluding hydrogens is 300 g/mol. The highest BCUT2D eigenvalue weighted by Gasteiger charge is 2.44. The van der Waals surface area contributed by atoms with E-state index in [1.54, 1.807) is 0 Å². The van der Waals surface area contributed by atoms with Crippen molar-refractivity contribution in [3.05, 3.63) is 41.6 Å². The van der Waals surface area contributed by atoms with Crippen LogP contribution in [-0.2, 0) is 13.6 Å². The predicted octanol–water partition coefficient (Wildman–Crippen LogP) is 2.32. The molecule has 3 atom stereocenters. The van der Waals surface area contributed by atoms with E-state index in [-0.39, 0.29) is 11.9 Å². The lowest BCUT2D eigenvalue weighted by Gasteiger charge is -2.42. The largest absolute Gasteiger partial charge is 0.330 e. The average Bonchev–Trinajstić information content (AvgIpc) is 2.94. The lowest BCUT2D eigenvalue weighted by Crippen LogP contribution is -2.51. The molecule has 2 bridgehead atoms. The first-order valence-electron chi connectivity index (χ1n) is 8.69. The van der Waals surface area contributed by atoms with Gasteiger partial charge >= 0.3 is 0 Å². The number of amides is 1. The highest BCUT2D eigenvalue weighted by Crippen LogP contribution is 2.41. The lowest BCUT2D eigenvalue weighted by atomic mass is 9.93. The van der Waals surface area contributed by atoms with Crippen LogP contribution in [0.3, 0.4) is 0 Å². The smallest absolute Gasteiger partial charge is 0.255 e. The number of aromatic nitrogens is 2. The summed E-state index contributed by atoms with van der Waals surface area (Å²) >= 11 is 0. The maximum atomic E-state index is 13.2. The number of carbonyl (C=O) groups is 1. The number of likely N-dealkylation sites (N-methyl/N-ethyl adjacent to an activating group) is 1. The van der Waals surface area contributed by atoms with E-state index >= 15 is 0 Å². The van der Waals surface area contributed by atoms with Gasteiger partial charge in [-0.1, -0.05) is 18.2 Å². The van der Waals surface area contributed by atoms with Crippen LogP contribution in [0.4, 0.5) is 0 Å². The summed E-state index contributed by atoms with van der Waals surface area (Å²) < 4.78 is 1.89.